The second-order valence-electron chi connectivity index (χ2n) is 13.6. The average molecular weight is 685 g/mol. The van der Waals surface area contributed by atoms with Crippen molar-refractivity contribution in [2.75, 3.05) is 41.5 Å². The van der Waals surface area contributed by atoms with E-state index in [-0.39, 0.29) is 23.5 Å². The van der Waals surface area contributed by atoms with Gasteiger partial charge in [0.15, 0.2) is 5.69 Å². The Morgan fingerprint density at radius 2 is 1.67 bits per heavy atom. The Labute approximate surface area is 285 Å². The zero-order valence-corrected chi connectivity index (χ0v) is 31.2. The smallest absolute Gasteiger partial charge is 0.444 e. The van der Waals surface area contributed by atoms with E-state index >= 15 is 0 Å². The van der Waals surface area contributed by atoms with Gasteiger partial charge in [-0.25, -0.2) is 9.48 Å². The second kappa shape index (κ2) is 16.6. The fourth-order valence-electron chi connectivity index (χ4n) is 5.24. The maximum absolute atomic E-state index is 12.7. The molecule has 264 valence electrons. The molecule has 1 aromatic carbocycles. The van der Waals surface area contributed by atoms with E-state index in [1.807, 2.05) is 71.8 Å². The van der Waals surface area contributed by atoms with Crippen molar-refractivity contribution in [1.29, 1.82) is 0 Å². The molecule has 0 saturated carbocycles. The van der Waals surface area contributed by atoms with Crippen LogP contribution in [0.1, 0.15) is 87.5 Å². The van der Waals surface area contributed by atoms with Crippen molar-refractivity contribution < 1.29 is 32.0 Å². The number of amides is 2. The first-order valence-electron chi connectivity index (χ1n) is 16.0. The molecule has 1 unspecified atom stereocenters. The van der Waals surface area contributed by atoms with Crippen molar-refractivity contribution >= 4 is 21.0 Å². The van der Waals surface area contributed by atoms with Gasteiger partial charge >= 0.3 is 15.1 Å². The number of nitrogens with zero attached hydrogens (tertiary/aromatic N) is 5. The highest BCUT2D eigenvalue weighted by molar-refractivity contribution is 6.53. The SMILES string of the molecule is CO[Si](OC)(OC)OC.Cc1cc(-c2ccncc2C2CCCN(C(=O)OC(C)(C)C)C2)ccc1CNC(=O)c1cn(C(C)(C)C)nn1. The maximum Gasteiger partial charge on any atom is 0.678 e. The fourth-order valence-corrected chi connectivity index (χ4v) is 6.24. The summed E-state index contributed by atoms with van der Waals surface area (Å²) in [4.78, 5) is 31.6. The topological polar surface area (TPSA) is 139 Å². The molecule has 0 radical (unpaired) electrons. The van der Waals surface area contributed by atoms with Crippen LogP contribution in [0.25, 0.3) is 11.1 Å². The molecule has 3 heterocycles. The monoisotopic (exact) mass is 684 g/mol. The molecule has 0 bridgehead atoms. The van der Waals surface area contributed by atoms with Crippen LogP contribution in [0.3, 0.4) is 0 Å². The molecule has 3 aromatic rings. The number of rotatable bonds is 9. The van der Waals surface area contributed by atoms with E-state index in [1.165, 1.54) is 28.4 Å². The van der Waals surface area contributed by atoms with Gasteiger partial charge < -0.3 is 32.7 Å². The predicted octanol–water partition coefficient (Wildman–Crippen LogP) is 5.46. The quantitative estimate of drug-likeness (QED) is 0.289. The van der Waals surface area contributed by atoms with E-state index in [9.17, 15) is 9.59 Å². The first kappa shape index (κ1) is 38.8. The van der Waals surface area contributed by atoms with Crippen molar-refractivity contribution in [3.8, 4) is 11.1 Å². The van der Waals surface area contributed by atoms with Gasteiger partial charge in [-0.15, -0.1) is 5.10 Å². The minimum absolute atomic E-state index is 0.177. The molecule has 1 N–H and O–H groups in total. The number of hydrogen-bond donors (Lipinski definition) is 1. The van der Waals surface area contributed by atoms with Crippen molar-refractivity contribution in [3.05, 3.63) is 65.2 Å². The number of piperidine rings is 1. The Morgan fingerprint density at radius 3 is 2.21 bits per heavy atom. The van der Waals surface area contributed by atoms with Crippen molar-refractivity contribution in [3.63, 3.8) is 0 Å². The molecule has 2 amide bonds. The van der Waals surface area contributed by atoms with Crippen LogP contribution in [0.15, 0.2) is 42.9 Å². The Hall–Kier alpha value is -3.69. The summed E-state index contributed by atoms with van der Waals surface area (Å²) in [6.45, 7) is 15.4. The number of ether oxygens (including phenoxy) is 1. The van der Waals surface area contributed by atoms with Gasteiger partial charge in [0, 0.05) is 66.4 Å². The van der Waals surface area contributed by atoms with Crippen LogP contribution >= 0.6 is 0 Å². The highest BCUT2D eigenvalue weighted by Crippen LogP contribution is 2.35. The van der Waals surface area contributed by atoms with Gasteiger partial charge in [0.1, 0.15) is 5.60 Å². The lowest BCUT2D eigenvalue weighted by atomic mass is 9.86. The second-order valence-corrected chi connectivity index (χ2v) is 16.2. The Morgan fingerprint density at radius 1 is 1.00 bits per heavy atom. The summed E-state index contributed by atoms with van der Waals surface area (Å²) in [7, 11) is 3.26. The Bertz CT molecular complexity index is 1500. The maximum atomic E-state index is 12.7. The summed E-state index contributed by atoms with van der Waals surface area (Å²) in [5.41, 5.74) is 4.97. The highest BCUT2D eigenvalue weighted by atomic mass is 28.4. The lowest BCUT2D eigenvalue weighted by Gasteiger charge is -2.34. The normalized spacial score (nSPS) is 15.4. The van der Waals surface area contributed by atoms with E-state index in [0.29, 0.717) is 25.3 Å². The van der Waals surface area contributed by atoms with Crippen molar-refractivity contribution in [2.24, 2.45) is 0 Å². The summed E-state index contributed by atoms with van der Waals surface area (Å²) >= 11 is 0. The zero-order chi connectivity index (χ0) is 35.7. The molecule has 48 heavy (non-hydrogen) atoms. The molecular weight excluding hydrogens is 632 g/mol. The molecule has 14 heteroatoms. The fraction of sp³-hybridized carbons (Fsp3) is 0.559. The van der Waals surface area contributed by atoms with Gasteiger partial charge in [0.2, 0.25) is 0 Å². The minimum Gasteiger partial charge on any atom is -0.444 e. The van der Waals surface area contributed by atoms with Gasteiger partial charge in [0.05, 0.1) is 11.7 Å². The summed E-state index contributed by atoms with van der Waals surface area (Å²) in [5.74, 6) is -0.0759. The van der Waals surface area contributed by atoms with E-state index in [0.717, 1.165) is 40.7 Å². The number of carbonyl (C=O) groups excluding carboxylic acids is 2. The van der Waals surface area contributed by atoms with Crippen LogP contribution in [-0.2, 0) is 34.5 Å². The van der Waals surface area contributed by atoms with E-state index in [2.05, 4.69) is 38.8 Å². The van der Waals surface area contributed by atoms with Crippen LogP contribution in [0.4, 0.5) is 4.79 Å². The third-order valence-corrected chi connectivity index (χ3v) is 9.87. The van der Waals surface area contributed by atoms with E-state index < -0.39 is 14.6 Å². The van der Waals surface area contributed by atoms with Gasteiger partial charge in [-0.3, -0.25) is 9.78 Å². The molecule has 2 aromatic heterocycles. The Kier molecular flexibility index (Phi) is 13.4. The summed E-state index contributed by atoms with van der Waals surface area (Å²) in [6.07, 6.45) is 7.04. The average Bonchev–Trinajstić information content (AvgIpc) is 3.57. The summed E-state index contributed by atoms with van der Waals surface area (Å²) in [6, 6.07) is 8.31. The van der Waals surface area contributed by atoms with Crippen molar-refractivity contribution in [2.45, 2.75) is 84.9 Å². The van der Waals surface area contributed by atoms with Gasteiger partial charge in [-0.05, 0) is 95.2 Å². The lowest BCUT2D eigenvalue weighted by molar-refractivity contribution is 0.0196. The van der Waals surface area contributed by atoms with Gasteiger partial charge in [-0.2, -0.15) is 0 Å². The van der Waals surface area contributed by atoms with Crippen molar-refractivity contribution in [1.82, 2.24) is 30.2 Å². The number of pyridine rings is 1. The molecule has 1 aliphatic rings. The number of benzene rings is 1. The first-order valence-corrected chi connectivity index (χ1v) is 17.6. The molecule has 0 aliphatic carbocycles. The van der Waals surface area contributed by atoms with Crippen LogP contribution in [0.2, 0.25) is 0 Å². The van der Waals surface area contributed by atoms with Crippen LogP contribution in [-0.4, -0.2) is 93.1 Å². The van der Waals surface area contributed by atoms with E-state index in [1.54, 1.807) is 10.9 Å². The number of nitrogens with one attached hydrogen (secondary N) is 1. The van der Waals surface area contributed by atoms with Crippen LogP contribution < -0.4 is 5.32 Å². The number of carbonyl (C=O) groups is 2. The molecular formula is C34H52N6O7Si. The van der Waals surface area contributed by atoms with Crippen LogP contribution in [0.5, 0.6) is 0 Å². The molecule has 1 fully saturated rings. The summed E-state index contributed by atoms with van der Waals surface area (Å²) in [5, 5.41) is 11.1. The largest absolute Gasteiger partial charge is 0.678 e. The predicted molar refractivity (Wildman–Crippen MR) is 184 cm³/mol. The molecule has 1 atom stereocenters. The minimum atomic E-state index is -2.69. The first-order chi connectivity index (χ1) is 22.6. The molecule has 0 spiro atoms. The number of hydrogen-bond acceptors (Lipinski definition) is 10. The molecule has 1 saturated heterocycles. The molecule has 13 nitrogen and oxygen atoms in total. The number of likely N-dealkylation sites (tertiary alicyclic amines) is 1. The molecule has 1 aliphatic heterocycles. The van der Waals surface area contributed by atoms with Gasteiger partial charge in [0.25, 0.3) is 5.91 Å². The Balaban J connectivity index is 0.000000609. The standard InChI is InChI=1S/C30H40N6O3.C4H12O4Si/c1-20-15-21(10-11-22(20)16-32-27(37)26-19-36(34-33-26)29(2,3)4)24-12-13-31-17-25(24)23-9-8-14-35(18-23)28(38)39-30(5,6)7;1-5-9(6-2,7-3)8-4/h10-13,15,17,19,23H,8-9,14,16,18H2,1-7H3,(H,32,37);1-4H3. The summed E-state index contributed by atoms with van der Waals surface area (Å²) < 4.78 is 26.7. The third kappa shape index (κ3) is 10.4. The van der Waals surface area contributed by atoms with E-state index in [4.69, 9.17) is 22.4 Å². The lowest BCUT2D eigenvalue weighted by Crippen LogP contribution is -2.45. The van der Waals surface area contributed by atoms with Gasteiger partial charge in [-0.1, -0.05) is 23.4 Å². The highest BCUT2D eigenvalue weighted by Gasteiger charge is 2.40. The van der Waals surface area contributed by atoms with Crippen LogP contribution in [0, 0.1) is 6.92 Å². The molecule has 4 rings (SSSR count). The number of aromatic nitrogens is 4. The zero-order valence-electron chi connectivity index (χ0n) is 30.2. The third-order valence-electron chi connectivity index (χ3n) is 7.87. The number of aryl methyl sites for hydroxylation is 1.